The fraction of sp³-hybridized carbons (Fsp3) is 0.364. The number of nitrogens with one attached hydrogen (secondary N) is 2. The number of hydrogen-bond donors (Lipinski definition) is 2. The number of aromatic amines is 1. The van der Waals surface area contributed by atoms with Crippen molar-refractivity contribution in [2.45, 2.75) is 44.3 Å². The molecule has 144 valence electrons. The Kier molecular flexibility index (Phi) is 4.74. The van der Waals surface area contributed by atoms with Gasteiger partial charge < -0.3 is 10.3 Å². The van der Waals surface area contributed by atoms with Gasteiger partial charge >= 0.3 is 0 Å². The van der Waals surface area contributed by atoms with Crippen molar-refractivity contribution in [1.82, 2.24) is 20.2 Å². The normalized spacial score (nSPS) is 19.8. The zero-order chi connectivity index (χ0) is 18.9. The molecule has 1 fully saturated rings. The van der Waals surface area contributed by atoms with Crippen molar-refractivity contribution in [2.75, 3.05) is 6.54 Å². The summed E-state index contributed by atoms with van der Waals surface area (Å²) in [4.78, 5) is 24.9. The van der Waals surface area contributed by atoms with Gasteiger partial charge in [-0.05, 0) is 55.5 Å². The number of nitrogens with zero attached hydrogens (tertiary/aromatic N) is 2. The third kappa shape index (κ3) is 3.50. The molecule has 1 aromatic carbocycles. The predicted molar refractivity (Wildman–Crippen MR) is 110 cm³/mol. The van der Waals surface area contributed by atoms with Crippen molar-refractivity contribution in [3.05, 3.63) is 75.5 Å². The number of aromatic nitrogens is 2. The van der Waals surface area contributed by atoms with Gasteiger partial charge in [-0.3, -0.25) is 9.69 Å². The Hall–Kier alpha value is -2.44. The molecule has 2 aromatic heterocycles. The molecule has 0 bridgehead atoms. The van der Waals surface area contributed by atoms with E-state index in [1.165, 1.54) is 22.4 Å². The minimum atomic E-state index is 0.0598. The van der Waals surface area contributed by atoms with Crippen molar-refractivity contribution in [2.24, 2.45) is 0 Å². The zero-order valence-corrected chi connectivity index (χ0v) is 16.5. The predicted octanol–water partition coefficient (Wildman–Crippen LogP) is 3.71. The lowest BCUT2D eigenvalue weighted by atomic mass is 10.1. The molecule has 0 radical (unpaired) electrons. The molecule has 0 spiro atoms. The van der Waals surface area contributed by atoms with Crippen LogP contribution in [0.2, 0.25) is 0 Å². The van der Waals surface area contributed by atoms with Gasteiger partial charge in [0.15, 0.2) is 0 Å². The quantitative estimate of drug-likeness (QED) is 0.696. The third-order valence-corrected chi connectivity index (χ3v) is 7.02. The summed E-state index contributed by atoms with van der Waals surface area (Å²) in [7, 11) is 0. The fourth-order valence-electron chi connectivity index (χ4n) is 4.49. The number of rotatable bonds is 5. The Bertz CT molecular complexity index is 940. The van der Waals surface area contributed by atoms with Crippen LogP contribution >= 0.6 is 11.3 Å². The number of hydrogen-bond acceptors (Lipinski definition) is 4. The summed E-state index contributed by atoms with van der Waals surface area (Å²) in [6.45, 7) is 1.91. The van der Waals surface area contributed by atoms with Crippen molar-refractivity contribution >= 4 is 17.2 Å². The Morgan fingerprint density at radius 2 is 2.04 bits per heavy atom. The molecule has 1 amide bonds. The number of thiophene rings is 1. The number of imidazole rings is 1. The van der Waals surface area contributed by atoms with Gasteiger partial charge in [-0.15, -0.1) is 11.3 Å². The Morgan fingerprint density at radius 3 is 2.79 bits per heavy atom. The molecule has 1 atom stereocenters. The number of benzene rings is 1. The monoisotopic (exact) mass is 392 g/mol. The van der Waals surface area contributed by atoms with E-state index in [1.807, 2.05) is 12.3 Å². The molecular weight excluding hydrogens is 368 g/mol. The second kappa shape index (κ2) is 7.53. The second-order valence-corrected chi connectivity index (χ2v) is 8.83. The SMILES string of the molecule is O=C(NC1Cc2ccccc2C1)c1ccc([C@H]2CCCN2Cc2ncc[nH]2)s1. The number of carbonyl (C=O) groups is 1. The molecule has 0 saturated carbocycles. The van der Waals surface area contributed by atoms with Gasteiger partial charge in [0.1, 0.15) is 5.82 Å². The molecule has 6 heteroatoms. The second-order valence-electron chi connectivity index (χ2n) is 7.71. The average molecular weight is 393 g/mol. The number of likely N-dealkylation sites (tertiary alicyclic amines) is 1. The Labute approximate surface area is 168 Å². The van der Waals surface area contributed by atoms with Gasteiger partial charge in [0.2, 0.25) is 0 Å². The van der Waals surface area contributed by atoms with Gasteiger partial charge in [0, 0.05) is 29.4 Å². The Balaban J connectivity index is 1.24. The summed E-state index contributed by atoms with van der Waals surface area (Å²) >= 11 is 1.64. The fourth-order valence-corrected chi connectivity index (χ4v) is 5.57. The number of fused-ring (bicyclic) bond motifs is 1. The molecule has 0 unspecified atom stereocenters. The summed E-state index contributed by atoms with van der Waals surface area (Å²) in [6, 6.07) is 13.2. The van der Waals surface area contributed by atoms with E-state index in [1.54, 1.807) is 17.5 Å². The first kappa shape index (κ1) is 17.6. The zero-order valence-electron chi connectivity index (χ0n) is 15.7. The molecule has 3 heterocycles. The van der Waals surface area contributed by atoms with Gasteiger partial charge in [-0.25, -0.2) is 4.98 Å². The first-order valence-electron chi connectivity index (χ1n) is 9.96. The molecular formula is C22H24N4OS. The van der Waals surface area contributed by atoms with Crippen LogP contribution in [0.3, 0.4) is 0 Å². The maximum absolute atomic E-state index is 12.8. The minimum absolute atomic E-state index is 0.0598. The van der Waals surface area contributed by atoms with E-state index in [2.05, 4.69) is 50.5 Å². The van der Waals surface area contributed by atoms with E-state index in [9.17, 15) is 4.79 Å². The molecule has 28 heavy (non-hydrogen) atoms. The van der Waals surface area contributed by atoms with Crippen LogP contribution in [0.25, 0.3) is 0 Å². The van der Waals surface area contributed by atoms with E-state index >= 15 is 0 Å². The first-order valence-corrected chi connectivity index (χ1v) is 10.8. The lowest BCUT2D eigenvalue weighted by Gasteiger charge is -2.22. The van der Waals surface area contributed by atoms with Crippen LogP contribution in [-0.4, -0.2) is 33.4 Å². The van der Waals surface area contributed by atoms with E-state index in [0.717, 1.165) is 43.1 Å². The van der Waals surface area contributed by atoms with Crippen LogP contribution in [-0.2, 0) is 19.4 Å². The molecule has 1 aliphatic carbocycles. The summed E-state index contributed by atoms with van der Waals surface area (Å²) in [6.07, 6.45) is 7.86. The van der Waals surface area contributed by atoms with Crippen LogP contribution in [0.15, 0.2) is 48.8 Å². The number of carbonyl (C=O) groups excluding carboxylic acids is 1. The smallest absolute Gasteiger partial charge is 0.261 e. The van der Waals surface area contributed by atoms with Gasteiger partial charge in [0.05, 0.1) is 11.4 Å². The largest absolute Gasteiger partial charge is 0.348 e. The maximum atomic E-state index is 12.8. The van der Waals surface area contributed by atoms with E-state index in [-0.39, 0.29) is 11.9 Å². The first-order chi connectivity index (χ1) is 13.8. The third-order valence-electron chi connectivity index (χ3n) is 5.84. The molecule has 2 aliphatic rings. The van der Waals surface area contributed by atoms with Gasteiger partial charge in [-0.2, -0.15) is 0 Å². The maximum Gasteiger partial charge on any atom is 0.261 e. The molecule has 3 aromatic rings. The van der Waals surface area contributed by atoms with E-state index < -0.39 is 0 Å². The van der Waals surface area contributed by atoms with Gasteiger partial charge in [0.25, 0.3) is 5.91 Å². The van der Waals surface area contributed by atoms with Crippen molar-refractivity contribution in [1.29, 1.82) is 0 Å². The van der Waals surface area contributed by atoms with Gasteiger partial charge in [-0.1, -0.05) is 24.3 Å². The number of H-pyrrole nitrogens is 1. The molecule has 5 rings (SSSR count). The topological polar surface area (TPSA) is 61.0 Å². The minimum Gasteiger partial charge on any atom is -0.348 e. The van der Waals surface area contributed by atoms with Crippen molar-refractivity contribution in [3.8, 4) is 0 Å². The average Bonchev–Trinajstić information content (AvgIpc) is 3.48. The molecule has 1 aliphatic heterocycles. The van der Waals surface area contributed by atoms with E-state index in [4.69, 9.17) is 0 Å². The summed E-state index contributed by atoms with van der Waals surface area (Å²) in [5.41, 5.74) is 2.72. The standard InChI is InChI=1S/C22H24N4OS/c27-22(25-17-12-15-4-1-2-5-16(15)13-17)20-8-7-19(28-20)18-6-3-11-26(18)14-21-23-9-10-24-21/h1-2,4-5,7-10,17-18H,3,6,11-14H2,(H,23,24)(H,25,27)/t18-/m1/s1. The summed E-state index contributed by atoms with van der Waals surface area (Å²) < 4.78 is 0. The van der Waals surface area contributed by atoms with Crippen LogP contribution in [0, 0.1) is 0 Å². The van der Waals surface area contributed by atoms with E-state index in [0.29, 0.717) is 6.04 Å². The van der Waals surface area contributed by atoms with Crippen molar-refractivity contribution < 1.29 is 4.79 Å². The highest BCUT2D eigenvalue weighted by Crippen LogP contribution is 2.36. The molecule has 2 N–H and O–H groups in total. The molecule has 5 nitrogen and oxygen atoms in total. The van der Waals surface area contributed by atoms with Crippen LogP contribution in [0.4, 0.5) is 0 Å². The summed E-state index contributed by atoms with van der Waals surface area (Å²) in [5, 5.41) is 3.24. The van der Waals surface area contributed by atoms with Crippen molar-refractivity contribution in [3.63, 3.8) is 0 Å². The highest BCUT2D eigenvalue weighted by Gasteiger charge is 2.29. The summed E-state index contributed by atoms with van der Waals surface area (Å²) in [5.74, 6) is 1.06. The number of amides is 1. The highest BCUT2D eigenvalue weighted by molar-refractivity contribution is 7.14. The van der Waals surface area contributed by atoms with Crippen LogP contribution in [0.5, 0.6) is 0 Å². The van der Waals surface area contributed by atoms with Crippen LogP contribution in [0.1, 0.15) is 50.4 Å². The Morgan fingerprint density at radius 1 is 1.21 bits per heavy atom. The highest BCUT2D eigenvalue weighted by atomic mass is 32.1. The van der Waals surface area contributed by atoms with Crippen LogP contribution < -0.4 is 5.32 Å². The lowest BCUT2D eigenvalue weighted by Crippen LogP contribution is -2.34. The molecule has 1 saturated heterocycles. The lowest BCUT2D eigenvalue weighted by molar-refractivity contribution is 0.0942.